The van der Waals surface area contributed by atoms with Crippen LogP contribution in [0.5, 0.6) is 0 Å². The lowest BCUT2D eigenvalue weighted by molar-refractivity contribution is 0.471. The number of nitrogens with two attached hydrogens (primary N) is 1. The number of anilines is 2. The molecule has 0 spiro atoms. The van der Waals surface area contributed by atoms with Crippen molar-refractivity contribution < 1.29 is 0 Å². The van der Waals surface area contributed by atoms with Crippen LogP contribution >= 0.6 is 0 Å². The molecule has 1 heterocycles. The van der Waals surface area contributed by atoms with E-state index in [1.54, 1.807) is 0 Å². The van der Waals surface area contributed by atoms with Gasteiger partial charge in [-0.1, -0.05) is 32.1 Å². The molecule has 20 heavy (non-hydrogen) atoms. The molecule has 2 rings (SSSR count). The van der Waals surface area contributed by atoms with Crippen molar-refractivity contribution in [1.82, 2.24) is 9.55 Å². The minimum absolute atomic E-state index is 0.239. The number of aromatic amines is 1. The van der Waals surface area contributed by atoms with E-state index in [2.05, 4.69) is 10.3 Å². The van der Waals surface area contributed by atoms with Crippen LogP contribution in [0.15, 0.2) is 9.59 Å². The highest BCUT2D eigenvalue weighted by Crippen LogP contribution is 2.21. The van der Waals surface area contributed by atoms with Gasteiger partial charge in [0.05, 0.1) is 0 Å². The summed E-state index contributed by atoms with van der Waals surface area (Å²) in [6.07, 6.45) is 8.23. The molecule has 6 heteroatoms. The Hall–Kier alpha value is -1.72. The third-order valence-electron chi connectivity index (χ3n) is 4.01. The van der Waals surface area contributed by atoms with Crippen LogP contribution < -0.4 is 22.3 Å². The number of hydrogen-bond donors (Lipinski definition) is 3. The van der Waals surface area contributed by atoms with E-state index < -0.39 is 11.2 Å². The molecule has 1 fully saturated rings. The highest BCUT2D eigenvalue weighted by Gasteiger charge is 2.16. The number of H-pyrrole nitrogens is 1. The lowest BCUT2D eigenvalue weighted by atomic mass is 9.96. The van der Waals surface area contributed by atoms with E-state index in [4.69, 9.17) is 5.73 Å². The Bertz CT molecular complexity index is 553. The Balaban J connectivity index is 2.23. The van der Waals surface area contributed by atoms with Crippen molar-refractivity contribution in [2.45, 2.75) is 64.5 Å². The first-order chi connectivity index (χ1) is 9.63. The molecule has 112 valence electrons. The van der Waals surface area contributed by atoms with E-state index in [0.29, 0.717) is 12.2 Å². The molecule has 1 aliphatic rings. The van der Waals surface area contributed by atoms with Crippen LogP contribution in [-0.4, -0.2) is 15.6 Å². The smallest absolute Gasteiger partial charge is 0.330 e. The maximum atomic E-state index is 11.9. The number of nitrogen functional groups attached to an aromatic ring is 1. The van der Waals surface area contributed by atoms with Crippen molar-refractivity contribution in [2.24, 2.45) is 0 Å². The summed E-state index contributed by atoms with van der Waals surface area (Å²) in [5.74, 6) is 0.239. The molecule has 1 aromatic heterocycles. The zero-order valence-electron chi connectivity index (χ0n) is 12.1. The van der Waals surface area contributed by atoms with Crippen molar-refractivity contribution in [3.8, 4) is 0 Å². The average Bonchev–Trinajstić information content (AvgIpc) is 2.36. The molecule has 1 saturated carbocycles. The molecule has 0 aromatic carbocycles. The van der Waals surface area contributed by atoms with E-state index in [1.165, 1.54) is 36.7 Å². The molecule has 0 aliphatic heterocycles. The normalized spacial score (nSPS) is 17.4. The van der Waals surface area contributed by atoms with Gasteiger partial charge < -0.3 is 11.1 Å². The highest BCUT2D eigenvalue weighted by atomic mass is 16.2. The second-order valence-corrected chi connectivity index (χ2v) is 5.45. The largest absolute Gasteiger partial charge is 0.383 e. The molecular weight excluding hydrogens is 256 g/mol. The van der Waals surface area contributed by atoms with Gasteiger partial charge in [-0.15, -0.1) is 0 Å². The molecule has 4 N–H and O–H groups in total. The lowest BCUT2D eigenvalue weighted by Crippen LogP contribution is -2.35. The van der Waals surface area contributed by atoms with Crippen molar-refractivity contribution in [2.75, 3.05) is 11.1 Å². The zero-order valence-corrected chi connectivity index (χ0v) is 12.1. The van der Waals surface area contributed by atoms with Crippen LogP contribution in [0.25, 0.3) is 0 Å². The fourth-order valence-corrected chi connectivity index (χ4v) is 2.85. The Morgan fingerprint density at radius 2 is 1.80 bits per heavy atom. The third kappa shape index (κ3) is 3.23. The predicted molar refractivity (Wildman–Crippen MR) is 81.1 cm³/mol. The molecule has 0 saturated heterocycles. The van der Waals surface area contributed by atoms with Gasteiger partial charge in [0.15, 0.2) is 0 Å². The molecule has 1 aliphatic carbocycles. The maximum Gasteiger partial charge on any atom is 0.330 e. The topological polar surface area (TPSA) is 92.9 Å². The van der Waals surface area contributed by atoms with Crippen molar-refractivity contribution in [1.29, 1.82) is 0 Å². The molecule has 0 unspecified atom stereocenters. The number of aromatic nitrogens is 2. The summed E-state index contributed by atoms with van der Waals surface area (Å²) in [7, 11) is 0. The molecule has 1 aromatic rings. The number of nitrogens with one attached hydrogen (secondary N) is 2. The van der Waals surface area contributed by atoms with Gasteiger partial charge in [-0.3, -0.25) is 14.3 Å². The maximum absolute atomic E-state index is 11.9. The zero-order chi connectivity index (χ0) is 14.5. The quantitative estimate of drug-likeness (QED) is 0.785. The van der Waals surface area contributed by atoms with E-state index in [-0.39, 0.29) is 11.9 Å². The Kier molecular flexibility index (Phi) is 4.87. The molecule has 0 amide bonds. The van der Waals surface area contributed by atoms with E-state index in [0.717, 1.165) is 12.8 Å². The first kappa shape index (κ1) is 14.7. The predicted octanol–water partition coefficient (Wildman–Crippen LogP) is 1.66. The minimum Gasteiger partial charge on any atom is -0.383 e. The SMILES string of the molecule is CCn1c(N)c(NC2CCCCCCC2)c(=O)[nH]c1=O. The van der Waals surface area contributed by atoms with E-state index in [1.807, 2.05) is 6.92 Å². The van der Waals surface area contributed by atoms with E-state index in [9.17, 15) is 9.59 Å². The standard InChI is InChI=1S/C14H24N4O2/c1-2-18-12(15)11(13(19)17-14(18)20)16-10-8-6-4-3-5-7-9-10/h10,16H,2-9,15H2,1H3,(H,17,19,20). The number of hydrogen-bond acceptors (Lipinski definition) is 4. The van der Waals surface area contributed by atoms with Gasteiger partial charge in [0, 0.05) is 12.6 Å². The fourth-order valence-electron chi connectivity index (χ4n) is 2.85. The Morgan fingerprint density at radius 3 is 2.40 bits per heavy atom. The van der Waals surface area contributed by atoms with Gasteiger partial charge in [0.1, 0.15) is 11.5 Å². The monoisotopic (exact) mass is 280 g/mol. The summed E-state index contributed by atoms with van der Waals surface area (Å²) < 4.78 is 1.38. The van der Waals surface area contributed by atoms with Gasteiger partial charge in [-0.05, 0) is 19.8 Å². The summed E-state index contributed by atoms with van der Waals surface area (Å²) in [6, 6.07) is 0.265. The van der Waals surface area contributed by atoms with Gasteiger partial charge in [-0.25, -0.2) is 4.79 Å². The Morgan fingerprint density at radius 1 is 1.20 bits per heavy atom. The second-order valence-electron chi connectivity index (χ2n) is 5.45. The van der Waals surface area contributed by atoms with Crippen LogP contribution in [0.4, 0.5) is 11.5 Å². The van der Waals surface area contributed by atoms with Crippen LogP contribution in [0.3, 0.4) is 0 Å². The van der Waals surface area contributed by atoms with Crippen LogP contribution in [0.1, 0.15) is 51.9 Å². The first-order valence-corrected chi connectivity index (χ1v) is 7.52. The van der Waals surface area contributed by atoms with E-state index >= 15 is 0 Å². The van der Waals surface area contributed by atoms with Crippen LogP contribution in [0.2, 0.25) is 0 Å². The summed E-state index contributed by atoms with van der Waals surface area (Å²) in [4.78, 5) is 25.9. The molecular formula is C14H24N4O2. The van der Waals surface area contributed by atoms with Crippen molar-refractivity contribution in [3.05, 3.63) is 20.8 Å². The van der Waals surface area contributed by atoms with Gasteiger partial charge in [0.25, 0.3) is 5.56 Å². The second kappa shape index (κ2) is 6.63. The first-order valence-electron chi connectivity index (χ1n) is 7.52. The molecule has 0 radical (unpaired) electrons. The third-order valence-corrected chi connectivity index (χ3v) is 4.01. The fraction of sp³-hybridized carbons (Fsp3) is 0.714. The summed E-state index contributed by atoms with van der Waals surface area (Å²) in [6.45, 7) is 2.27. The van der Waals surface area contributed by atoms with Crippen molar-refractivity contribution in [3.63, 3.8) is 0 Å². The molecule has 0 atom stereocenters. The van der Waals surface area contributed by atoms with Crippen LogP contribution in [0, 0.1) is 0 Å². The van der Waals surface area contributed by atoms with Crippen LogP contribution in [-0.2, 0) is 6.54 Å². The average molecular weight is 280 g/mol. The summed E-state index contributed by atoms with van der Waals surface area (Å²) in [5, 5.41) is 3.26. The lowest BCUT2D eigenvalue weighted by Gasteiger charge is -2.23. The van der Waals surface area contributed by atoms with Gasteiger partial charge >= 0.3 is 5.69 Å². The van der Waals surface area contributed by atoms with Crippen molar-refractivity contribution >= 4 is 11.5 Å². The van der Waals surface area contributed by atoms with Gasteiger partial charge in [-0.2, -0.15) is 0 Å². The Labute approximate surface area is 118 Å². The minimum atomic E-state index is -0.446. The highest BCUT2D eigenvalue weighted by molar-refractivity contribution is 5.60. The van der Waals surface area contributed by atoms with Gasteiger partial charge in [0.2, 0.25) is 0 Å². The number of nitrogens with zero attached hydrogens (tertiary/aromatic N) is 1. The summed E-state index contributed by atoms with van der Waals surface area (Å²) in [5.41, 5.74) is 5.44. The molecule has 6 nitrogen and oxygen atoms in total. The number of rotatable bonds is 3. The summed E-state index contributed by atoms with van der Waals surface area (Å²) >= 11 is 0. The molecule has 0 bridgehead atoms.